The van der Waals surface area contributed by atoms with Crippen molar-refractivity contribution >= 4 is 34.2 Å². The van der Waals surface area contributed by atoms with Gasteiger partial charge in [0.15, 0.2) is 4.71 Å². The van der Waals surface area contributed by atoms with E-state index in [9.17, 15) is 0 Å². The number of hydrogen-bond acceptors (Lipinski definition) is 3. The molecule has 0 unspecified atom stereocenters. The number of rotatable bonds is 2. The average molecular weight is 272 g/mol. The number of aryl methyl sites for hydroxylation is 3. The third-order valence-electron chi connectivity index (χ3n) is 3.53. The molecule has 19 heavy (non-hydrogen) atoms. The summed E-state index contributed by atoms with van der Waals surface area (Å²) in [6, 6.07) is 4.02. The minimum atomic E-state index is 0.540. The maximum atomic E-state index is 5.78. The van der Waals surface area contributed by atoms with Crippen LogP contribution < -0.4 is 0 Å². The van der Waals surface area contributed by atoms with Gasteiger partial charge in [-0.3, -0.25) is 0 Å². The lowest BCUT2D eigenvalue weighted by Gasteiger charge is -2.07. The summed E-state index contributed by atoms with van der Waals surface area (Å²) in [5.74, 6) is 0. The molecule has 0 bridgehead atoms. The molecule has 3 heteroatoms. The summed E-state index contributed by atoms with van der Waals surface area (Å²) in [4.78, 5) is 0. The van der Waals surface area contributed by atoms with Crippen LogP contribution in [0.15, 0.2) is 27.2 Å². The van der Waals surface area contributed by atoms with Gasteiger partial charge in [-0.25, -0.2) is 0 Å². The van der Waals surface area contributed by atoms with Crippen molar-refractivity contribution < 1.29 is 8.83 Å². The molecule has 2 heterocycles. The summed E-state index contributed by atoms with van der Waals surface area (Å²) < 4.78 is 12.0. The van der Waals surface area contributed by atoms with Crippen molar-refractivity contribution in [2.24, 2.45) is 0 Å². The summed E-state index contributed by atoms with van der Waals surface area (Å²) in [6.45, 7) is 6.32. The summed E-state index contributed by atoms with van der Waals surface area (Å²) in [7, 11) is 0. The number of benzene rings is 1. The Morgan fingerprint density at radius 2 is 1.89 bits per heavy atom. The normalized spacial score (nSPS) is 11.5. The molecule has 3 rings (SSSR count). The quantitative estimate of drug-likeness (QED) is 0.578. The molecule has 0 fully saturated rings. The Morgan fingerprint density at radius 1 is 1.11 bits per heavy atom. The van der Waals surface area contributed by atoms with Crippen molar-refractivity contribution in [2.45, 2.75) is 33.6 Å². The van der Waals surface area contributed by atoms with Crippen LogP contribution in [0.1, 0.15) is 30.0 Å². The standard InChI is InChI=1S/C16H16O2S/c1-4-5-11-7-13(19)18-12-6-9(2)14-10(3)8-17-16(14)15(11)12/h6-8H,4-5H2,1-3H3. The van der Waals surface area contributed by atoms with Gasteiger partial charge in [0.25, 0.3) is 0 Å². The second-order valence-electron chi connectivity index (χ2n) is 5.03. The molecule has 0 atom stereocenters. The van der Waals surface area contributed by atoms with Crippen molar-refractivity contribution in [3.05, 3.63) is 39.8 Å². The molecule has 2 nitrogen and oxygen atoms in total. The van der Waals surface area contributed by atoms with Gasteiger partial charge in [-0.05, 0) is 61.3 Å². The number of furan rings is 1. The van der Waals surface area contributed by atoms with Crippen molar-refractivity contribution in [3.63, 3.8) is 0 Å². The highest BCUT2D eigenvalue weighted by molar-refractivity contribution is 7.71. The van der Waals surface area contributed by atoms with Gasteiger partial charge in [-0.1, -0.05) is 13.3 Å². The highest BCUT2D eigenvalue weighted by atomic mass is 32.1. The fourth-order valence-corrected chi connectivity index (χ4v) is 3.01. The van der Waals surface area contributed by atoms with Crippen LogP contribution in [0, 0.1) is 18.6 Å². The van der Waals surface area contributed by atoms with Gasteiger partial charge >= 0.3 is 0 Å². The van der Waals surface area contributed by atoms with Crippen LogP contribution in [-0.2, 0) is 6.42 Å². The van der Waals surface area contributed by atoms with E-state index in [1.54, 1.807) is 0 Å². The van der Waals surface area contributed by atoms with E-state index in [0.717, 1.165) is 29.4 Å². The van der Waals surface area contributed by atoms with Crippen LogP contribution in [0.2, 0.25) is 0 Å². The lowest BCUT2D eigenvalue weighted by Crippen LogP contribution is -1.89. The molecular formula is C16H16O2S. The van der Waals surface area contributed by atoms with E-state index in [2.05, 4.69) is 26.8 Å². The van der Waals surface area contributed by atoms with Crippen LogP contribution in [0.3, 0.4) is 0 Å². The minimum absolute atomic E-state index is 0.540. The topological polar surface area (TPSA) is 26.3 Å². The highest BCUT2D eigenvalue weighted by Gasteiger charge is 2.14. The van der Waals surface area contributed by atoms with E-state index >= 15 is 0 Å². The van der Waals surface area contributed by atoms with Crippen LogP contribution in [0.25, 0.3) is 21.9 Å². The van der Waals surface area contributed by atoms with Gasteiger partial charge < -0.3 is 8.83 Å². The SMILES string of the molecule is CCCc1cc(=S)oc2cc(C)c3c(C)coc3c12. The Kier molecular flexibility index (Phi) is 2.94. The zero-order chi connectivity index (χ0) is 13.6. The summed E-state index contributed by atoms with van der Waals surface area (Å²) in [6.07, 6.45) is 3.87. The van der Waals surface area contributed by atoms with E-state index in [4.69, 9.17) is 21.1 Å². The lowest BCUT2D eigenvalue weighted by atomic mass is 10.00. The van der Waals surface area contributed by atoms with Crippen LogP contribution in [-0.4, -0.2) is 0 Å². The molecule has 98 valence electrons. The first-order valence-electron chi connectivity index (χ1n) is 6.56. The van der Waals surface area contributed by atoms with E-state index in [-0.39, 0.29) is 0 Å². The molecular weight excluding hydrogens is 256 g/mol. The number of hydrogen-bond donors (Lipinski definition) is 0. The van der Waals surface area contributed by atoms with Gasteiger partial charge in [0.2, 0.25) is 0 Å². The van der Waals surface area contributed by atoms with E-state index < -0.39 is 0 Å². The summed E-state index contributed by atoms with van der Waals surface area (Å²) >= 11 is 5.22. The van der Waals surface area contributed by atoms with Gasteiger partial charge in [0.05, 0.1) is 11.6 Å². The largest absolute Gasteiger partial charge is 0.463 e. The molecule has 0 aliphatic rings. The minimum Gasteiger partial charge on any atom is -0.463 e. The molecule has 3 aromatic rings. The molecule has 0 aliphatic heterocycles. The van der Waals surface area contributed by atoms with Crippen LogP contribution in [0.4, 0.5) is 0 Å². The highest BCUT2D eigenvalue weighted by Crippen LogP contribution is 2.34. The maximum Gasteiger partial charge on any atom is 0.191 e. The number of fused-ring (bicyclic) bond motifs is 3. The second kappa shape index (κ2) is 4.49. The summed E-state index contributed by atoms with van der Waals surface area (Å²) in [5.41, 5.74) is 5.30. The van der Waals surface area contributed by atoms with Gasteiger partial charge in [0.1, 0.15) is 11.2 Å². The monoisotopic (exact) mass is 272 g/mol. The van der Waals surface area contributed by atoms with Gasteiger partial charge in [-0.2, -0.15) is 0 Å². The van der Waals surface area contributed by atoms with E-state index in [1.807, 2.05) is 12.3 Å². The molecule has 0 amide bonds. The second-order valence-corrected chi connectivity index (χ2v) is 5.43. The third kappa shape index (κ3) is 1.89. The molecule has 0 N–H and O–H groups in total. The third-order valence-corrected chi connectivity index (χ3v) is 3.73. The first kappa shape index (κ1) is 12.4. The molecule has 0 radical (unpaired) electrons. The Hall–Kier alpha value is -1.61. The molecule has 2 aromatic heterocycles. The zero-order valence-corrected chi connectivity index (χ0v) is 12.2. The zero-order valence-electron chi connectivity index (χ0n) is 11.4. The van der Waals surface area contributed by atoms with Crippen molar-refractivity contribution in [2.75, 3.05) is 0 Å². The molecule has 0 saturated heterocycles. The molecule has 0 saturated carbocycles. The smallest absolute Gasteiger partial charge is 0.191 e. The van der Waals surface area contributed by atoms with Crippen molar-refractivity contribution in [1.29, 1.82) is 0 Å². The first-order chi connectivity index (χ1) is 9.11. The lowest BCUT2D eigenvalue weighted by molar-refractivity contribution is 0.580. The Bertz CT molecular complexity index is 824. The molecule has 0 spiro atoms. The predicted octanol–water partition coefficient (Wildman–Crippen LogP) is 5.48. The average Bonchev–Trinajstić information content (AvgIpc) is 2.71. The summed E-state index contributed by atoms with van der Waals surface area (Å²) in [5, 5.41) is 2.27. The van der Waals surface area contributed by atoms with Gasteiger partial charge in [0, 0.05) is 5.39 Å². The Labute approximate surface area is 117 Å². The molecule has 1 aromatic carbocycles. The maximum absolute atomic E-state index is 5.78. The van der Waals surface area contributed by atoms with Crippen molar-refractivity contribution in [3.8, 4) is 0 Å². The molecule has 0 aliphatic carbocycles. The fraction of sp³-hybridized carbons (Fsp3) is 0.312. The Balaban J connectivity index is 2.55. The Morgan fingerprint density at radius 3 is 2.63 bits per heavy atom. The first-order valence-corrected chi connectivity index (χ1v) is 6.96. The van der Waals surface area contributed by atoms with Crippen LogP contribution in [0.5, 0.6) is 0 Å². The predicted molar refractivity (Wildman–Crippen MR) is 80.3 cm³/mol. The fourth-order valence-electron chi connectivity index (χ4n) is 2.77. The van der Waals surface area contributed by atoms with E-state index in [0.29, 0.717) is 4.71 Å². The van der Waals surface area contributed by atoms with Crippen molar-refractivity contribution in [1.82, 2.24) is 0 Å². The van der Waals surface area contributed by atoms with Gasteiger partial charge in [-0.15, -0.1) is 0 Å². The van der Waals surface area contributed by atoms with Crippen LogP contribution >= 0.6 is 12.2 Å². The van der Waals surface area contributed by atoms with E-state index in [1.165, 1.54) is 22.1 Å².